The molecule has 0 fully saturated rings. The molecule has 0 amide bonds. The lowest BCUT2D eigenvalue weighted by atomic mass is 9.83. The molecule has 0 heterocycles. The molecule has 0 aliphatic rings. The number of allylic oxidation sites excluding steroid dienone is 1. The van der Waals surface area contributed by atoms with Crippen molar-refractivity contribution in [2.24, 2.45) is 0 Å². The van der Waals surface area contributed by atoms with Crippen molar-refractivity contribution in [1.29, 1.82) is 0 Å². The molecule has 2 nitrogen and oxygen atoms in total. The van der Waals surface area contributed by atoms with E-state index in [1.807, 2.05) is 57.2 Å². The Kier molecular flexibility index (Phi) is 6.31. The molecule has 0 aliphatic carbocycles. The number of alkyl halides is 3. The third-order valence-electron chi connectivity index (χ3n) is 5.78. The molecular formula is C23H29F3O2. The SMILES string of the molecule is C=C(C)c1ccc2cccc(C(CC)(CC)OC(C)C(C)(O)C(F)(F)F)c2c1. The average Bonchev–Trinajstić information content (AvgIpc) is 2.64. The summed E-state index contributed by atoms with van der Waals surface area (Å²) in [6.07, 6.45) is -5.28. The van der Waals surface area contributed by atoms with E-state index in [-0.39, 0.29) is 0 Å². The van der Waals surface area contributed by atoms with Crippen molar-refractivity contribution >= 4 is 16.3 Å². The lowest BCUT2D eigenvalue weighted by Crippen LogP contribution is -2.54. The number of halogens is 3. The van der Waals surface area contributed by atoms with Gasteiger partial charge in [-0.1, -0.05) is 56.3 Å². The molecule has 154 valence electrons. The number of benzene rings is 2. The lowest BCUT2D eigenvalue weighted by molar-refractivity contribution is -0.301. The first-order valence-electron chi connectivity index (χ1n) is 9.55. The molecule has 2 aromatic carbocycles. The summed E-state index contributed by atoms with van der Waals surface area (Å²) in [7, 11) is 0. The van der Waals surface area contributed by atoms with Crippen LogP contribution in [0.3, 0.4) is 0 Å². The van der Waals surface area contributed by atoms with E-state index in [0.29, 0.717) is 12.8 Å². The number of hydrogen-bond acceptors (Lipinski definition) is 2. The summed E-state index contributed by atoms with van der Waals surface area (Å²) in [5.74, 6) is 0. The Hall–Kier alpha value is -1.85. The highest BCUT2D eigenvalue weighted by Crippen LogP contribution is 2.43. The summed E-state index contributed by atoms with van der Waals surface area (Å²) >= 11 is 0. The fraction of sp³-hybridized carbons (Fsp3) is 0.478. The van der Waals surface area contributed by atoms with Gasteiger partial charge in [-0.2, -0.15) is 13.2 Å². The van der Waals surface area contributed by atoms with Crippen LogP contribution in [-0.2, 0) is 10.3 Å². The largest absolute Gasteiger partial charge is 0.419 e. The van der Waals surface area contributed by atoms with Gasteiger partial charge in [-0.25, -0.2) is 0 Å². The van der Waals surface area contributed by atoms with E-state index in [2.05, 4.69) is 6.58 Å². The summed E-state index contributed by atoms with van der Waals surface area (Å²) in [5, 5.41) is 12.0. The number of ether oxygens (including phenoxy) is 1. The highest BCUT2D eigenvalue weighted by Gasteiger charge is 2.55. The summed E-state index contributed by atoms with van der Waals surface area (Å²) in [4.78, 5) is 0. The minimum absolute atomic E-state index is 0.470. The van der Waals surface area contributed by atoms with Crippen LogP contribution >= 0.6 is 0 Å². The van der Waals surface area contributed by atoms with E-state index in [9.17, 15) is 18.3 Å². The molecule has 0 aromatic heterocycles. The van der Waals surface area contributed by atoms with Crippen LogP contribution in [0.5, 0.6) is 0 Å². The molecular weight excluding hydrogens is 365 g/mol. The Bertz CT molecular complexity index is 849. The zero-order valence-corrected chi connectivity index (χ0v) is 17.2. The third kappa shape index (κ3) is 3.96. The maximum atomic E-state index is 13.3. The van der Waals surface area contributed by atoms with E-state index in [1.54, 1.807) is 0 Å². The first kappa shape index (κ1) is 22.4. The Morgan fingerprint density at radius 3 is 2.25 bits per heavy atom. The number of aliphatic hydroxyl groups is 1. The van der Waals surface area contributed by atoms with Crippen LogP contribution in [0, 0.1) is 0 Å². The van der Waals surface area contributed by atoms with Crippen LogP contribution < -0.4 is 0 Å². The maximum absolute atomic E-state index is 13.3. The Morgan fingerprint density at radius 2 is 1.75 bits per heavy atom. The molecule has 1 N–H and O–H groups in total. The highest BCUT2D eigenvalue weighted by molar-refractivity contribution is 5.89. The van der Waals surface area contributed by atoms with E-state index < -0.39 is 23.5 Å². The number of rotatable bonds is 7. The fourth-order valence-electron chi connectivity index (χ4n) is 3.48. The lowest BCUT2D eigenvalue weighted by Gasteiger charge is -2.41. The van der Waals surface area contributed by atoms with Gasteiger partial charge in [-0.15, -0.1) is 0 Å². The molecule has 2 atom stereocenters. The van der Waals surface area contributed by atoms with Crippen LogP contribution in [0.2, 0.25) is 0 Å². The Balaban J connectivity index is 2.62. The summed E-state index contributed by atoms with van der Waals surface area (Å²) in [6.45, 7) is 11.7. The smallest absolute Gasteiger partial charge is 0.379 e. The molecule has 2 aromatic rings. The zero-order valence-electron chi connectivity index (χ0n) is 17.2. The van der Waals surface area contributed by atoms with Gasteiger partial charge in [-0.05, 0) is 61.6 Å². The first-order valence-corrected chi connectivity index (χ1v) is 9.55. The Morgan fingerprint density at radius 1 is 1.14 bits per heavy atom. The van der Waals surface area contributed by atoms with Crippen LogP contribution in [-0.4, -0.2) is 23.0 Å². The predicted octanol–water partition coefficient (Wildman–Crippen LogP) is 6.61. The normalized spacial score (nSPS) is 16.0. The van der Waals surface area contributed by atoms with Crippen molar-refractivity contribution in [2.45, 2.75) is 70.9 Å². The number of hydrogen-bond donors (Lipinski definition) is 1. The number of fused-ring (bicyclic) bond motifs is 1. The average molecular weight is 394 g/mol. The van der Waals surface area contributed by atoms with Gasteiger partial charge in [-0.3, -0.25) is 0 Å². The minimum Gasteiger partial charge on any atom is -0.379 e. The van der Waals surface area contributed by atoms with Gasteiger partial charge in [0.15, 0.2) is 5.60 Å². The van der Waals surface area contributed by atoms with Gasteiger partial charge >= 0.3 is 6.18 Å². The van der Waals surface area contributed by atoms with E-state index >= 15 is 0 Å². The van der Waals surface area contributed by atoms with E-state index in [0.717, 1.165) is 34.4 Å². The second kappa shape index (κ2) is 7.88. The molecule has 2 rings (SSSR count). The van der Waals surface area contributed by atoms with Gasteiger partial charge in [0.25, 0.3) is 0 Å². The van der Waals surface area contributed by atoms with Gasteiger partial charge in [0.05, 0.1) is 11.7 Å². The molecule has 0 bridgehead atoms. The highest BCUT2D eigenvalue weighted by atomic mass is 19.4. The molecule has 0 saturated carbocycles. The van der Waals surface area contributed by atoms with Crippen LogP contribution in [0.15, 0.2) is 43.0 Å². The van der Waals surface area contributed by atoms with Crippen molar-refractivity contribution in [3.05, 3.63) is 54.1 Å². The fourth-order valence-corrected chi connectivity index (χ4v) is 3.48. The third-order valence-corrected chi connectivity index (χ3v) is 5.78. The van der Waals surface area contributed by atoms with Crippen molar-refractivity contribution < 1.29 is 23.0 Å². The molecule has 0 radical (unpaired) electrons. The van der Waals surface area contributed by atoms with E-state index in [4.69, 9.17) is 4.74 Å². The summed E-state index contributed by atoms with van der Waals surface area (Å²) in [5.41, 5.74) is -1.21. The van der Waals surface area contributed by atoms with E-state index in [1.165, 1.54) is 6.92 Å². The van der Waals surface area contributed by atoms with Gasteiger partial charge in [0.1, 0.15) is 0 Å². The minimum atomic E-state index is -4.79. The quantitative estimate of drug-likeness (QED) is 0.573. The van der Waals surface area contributed by atoms with Crippen molar-refractivity contribution in [3.63, 3.8) is 0 Å². The Labute approximate surface area is 165 Å². The van der Waals surface area contributed by atoms with Crippen molar-refractivity contribution in [2.75, 3.05) is 0 Å². The second-order valence-electron chi connectivity index (χ2n) is 7.63. The molecule has 0 saturated heterocycles. The first-order chi connectivity index (χ1) is 12.9. The second-order valence-corrected chi connectivity index (χ2v) is 7.63. The van der Waals surface area contributed by atoms with Gasteiger partial charge in [0, 0.05) is 0 Å². The van der Waals surface area contributed by atoms with Crippen LogP contribution in [0.1, 0.15) is 58.6 Å². The van der Waals surface area contributed by atoms with Crippen LogP contribution in [0.4, 0.5) is 13.2 Å². The van der Waals surface area contributed by atoms with Crippen molar-refractivity contribution in [1.82, 2.24) is 0 Å². The standard InChI is InChI=1S/C23H29F3O2/c1-7-22(8-2,28-16(5)21(6,27)23(24,25)26)20-11-9-10-17-12-13-18(15(3)4)14-19(17)20/h9-14,16,27H,3,7-8H2,1-2,4-6H3. The van der Waals surface area contributed by atoms with Crippen molar-refractivity contribution in [3.8, 4) is 0 Å². The molecule has 0 spiro atoms. The summed E-state index contributed by atoms with van der Waals surface area (Å²) < 4.78 is 46.0. The van der Waals surface area contributed by atoms with Crippen LogP contribution in [0.25, 0.3) is 16.3 Å². The topological polar surface area (TPSA) is 29.5 Å². The molecule has 0 aliphatic heterocycles. The summed E-state index contributed by atoms with van der Waals surface area (Å²) in [6, 6.07) is 11.7. The monoisotopic (exact) mass is 394 g/mol. The van der Waals surface area contributed by atoms with Gasteiger partial charge < -0.3 is 9.84 Å². The zero-order chi connectivity index (χ0) is 21.3. The molecule has 5 heteroatoms. The molecule has 2 unspecified atom stereocenters. The molecule has 28 heavy (non-hydrogen) atoms. The maximum Gasteiger partial charge on any atom is 0.419 e. The predicted molar refractivity (Wildman–Crippen MR) is 108 cm³/mol. The van der Waals surface area contributed by atoms with Gasteiger partial charge in [0.2, 0.25) is 0 Å².